The van der Waals surface area contributed by atoms with E-state index in [-0.39, 0.29) is 24.8 Å². The van der Waals surface area contributed by atoms with E-state index in [1.807, 2.05) is 12.1 Å². The molecule has 138 valence electrons. The molecule has 0 spiro atoms. The number of methoxy groups -OCH3 is 1. The summed E-state index contributed by atoms with van der Waals surface area (Å²) >= 11 is 0. The number of phenolic OH excluding ortho intramolecular Hbond substituents is 1. The van der Waals surface area contributed by atoms with Crippen LogP contribution in [0.25, 0.3) is 0 Å². The lowest BCUT2D eigenvalue weighted by Gasteiger charge is -2.41. The Kier molecular flexibility index (Phi) is 9.21. The van der Waals surface area contributed by atoms with E-state index in [1.54, 1.807) is 13.2 Å². The van der Waals surface area contributed by atoms with Crippen LogP contribution in [0.4, 0.5) is 0 Å². The van der Waals surface area contributed by atoms with E-state index >= 15 is 0 Å². The summed E-state index contributed by atoms with van der Waals surface area (Å²) in [6.45, 7) is 4.18. The van der Waals surface area contributed by atoms with Crippen molar-refractivity contribution >= 4 is 24.8 Å². The van der Waals surface area contributed by atoms with Gasteiger partial charge >= 0.3 is 0 Å². The number of halogens is 2. The van der Waals surface area contributed by atoms with Crippen LogP contribution in [0.3, 0.4) is 0 Å². The van der Waals surface area contributed by atoms with Gasteiger partial charge < -0.3 is 15.2 Å². The number of rotatable bonds is 4. The van der Waals surface area contributed by atoms with Gasteiger partial charge in [-0.3, -0.25) is 4.90 Å². The van der Waals surface area contributed by atoms with Gasteiger partial charge in [-0.1, -0.05) is 19.3 Å². The highest BCUT2D eigenvalue weighted by Crippen LogP contribution is 2.42. The van der Waals surface area contributed by atoms with Crippen LogP contribution in [0.15, 0.2) is 18.2 Å². The van der Waals surface area contributed by atoms with Gasteiger partial charge in [-0.15, -0.1) is 24.8 Å². The Morgan fingerprint density at radius 1 is 1.12 bits per heavy atom. The van der Waals surface area contributed by atoms with Gasteiger partial charge in [-0.05, 0) is 37.0 Å². The third-order valence-corrected chi connectivity index (χ3v) is 5.19. The molecular weight excluding hydrogens is 347 g/mol. The standard InChI is InChI=1S/C18H28N2O2.2ClH/c1-22-15-7-8-17(21)16(13-15)18(14-5-3-2-4-6-14)20-11-9-19-10-12-20;;/h7-8,13-14,18-19,21H,2-6,9-12H2,1H3;2*1H/t18-;;/m1../s1. The van der Waals surface area contributed by atoms with Crippen LogP contribution in [-0.4, -0.2) is 43.3 Å². The summed E-state index contributed by atoms with van der Waals surface area (Å²) in [6.07, 6.45) is 6.53. The highest BCUT2D eigenvalue weighted by Gasteiger charge is 2.32. The molecule has 24 heavy (non-hydrogen) atoms. The second-order valence-corrected chi connectivity index (χ2v) is 6.55. The lowest BCUT2D eigenvalue weighted by Crippen LogP contribution is -2.47. The first-order chi connectivity index (χ1) is 10.8. The summed E-state index contributed by atoms with van der Waals surface area (Å²) in [7, 11) is 1.69. The smallest absolute Gasteiger partial charge is 0.120 e. The molecular formula is C18H30Cl2N2O2. The number of nitrogens with zero attached hydrogens (tertiary/aromatic N) is 1. The van der Waals surface area contributed by atoms with Crippen molar-refractivity contribution in [3.8, 4) is 11.5 Å². The molecule has 0 bridgehead atoms. The number of hydrogen-bond donors (Lipinski definition) is 2. The Bertz CT molecular complexity index is 472. The number of ether oxygens (including phenoxy) is 1. The molecule has 1 heterocycles. The van der Waals surface area contributed by atoms with Crippen LogP contribution in [0, 0.1) is 5.92 Å². The average molecular weight is 377 g/mol. The number of piperazine rings is 1. The van der Waals surface area contributed by atoms with Crippen LogP contribution < -0.4 is 10.1 Å². The van der Waals surface area contributed by atoms with Crippen molar-refractivity contribution in [2.24, 2.45) is 5.92 Å². The summed E-state index contributed by atoms with van der Waals surface area (Å²) in [5.41, 5.74) is 1.05. The van der Waals surface area contributed by atoms with Crippen molar-refractivity contribution < 1.29 is 9.84 Å². The predicted molar refractivity (Wildman–Crippen MR) is 103 cm³/mol. The molecule has 1 saturated carbocycles. The largest absolute Gasteiger partial charge is 0.508 e. The molecule has 2 N–H and O–H groups in total. The zero-order valence-corrected chi connectivity index (χ0v) is 16.0. The summed E-state index contributed by atoms with van der Waals surface area (Å²) in [5.74, 6) is 1.89. The van der Waals surface area contributed by atoms with Gasteiger partial charge in [0.25, 0.3) is 0 Å². The van der Waals surface area contributed by atoms with Crippen LogP contribution >= 0.6 is 24.8 Å². The highest BCUT2D eigenvalue weighted by molar-refractivity contribution is 5.85. The topological polar surface area (TPSA) is 44.7 Å². The van der Waals surface area contributed by atoms with Gasteiger partial charge in [-0.2, -0.15) is 0 Å². The number of hydrogen-bond acceptors (Lipinski definition) is 4. The molecule has 4 nitrogen and oxygen atoms in total. The fourth-order valence-corrected chi connectivity index (χ4v) is 4.06. The quantitative estimate of drug-likeness (QED) is 0.839. The van der Waals surface area contributed by atoms with Gasteiger partial charge in [0, 0.05) is 37.8 Å². The molecule has 1 aliphatic carbocycles. The SMILES string of the molecule is COc1ccc(O)c([C@@H](C2CCCCC2)N2CCNCC2)c1.Cl.Cl. The van der Waals surface area contributed by atoms with Gasteiger partial charge in [0.05, 0.1) is 7.11 Å². The molecule has 0 aromatic heterocycles. The maximum atomic E-state index is 10.5. The van der Waals surface area contributed by atoms with Gasteiger partial charge in [0.15, 0.2) is 0 Å². The summed E-state index contributed by atoms with van der Waals surface area (Å²) in [6, 6.07) is 5.98. The van der Waals surface area contributed by atoms with Gasteiger partial charge in [0.1, 0.15) is 11.5 Å². The van der Waals surface area contributed by atoms with Crippen molar-refractivity contribution in [2.45, 2.75) is 38.1 Å². The predicted octanol–water partition coefficient (Wildman–Crippen LogP) is 3.77. The molecule has 3 rings (SSSR count). The maximum Gasteiger partial charge on any atom is 0.120 e. The summed E-state index contributed by atoms with van der Waals surface area (Å²) in [4.78, 5) is 2.56. The first kappa shape index (κ1) is 21.4. The minimum absolute atomic E-state index is 0. The van der Waals surface area contributed by atoms with E-state index in [2.05, 4.69) is 10.2 Å². The average Bonchev–Trinajstić information content (AvgIpc) is 2.59. The number of benzene rings is 1. The zero-order chi connectivity index (χ0) is 15.4. The second-order valence-electron chi connectivity index (χ2n) is 6.55. The Hall–Kier alpha value is -0.680. The molecule has 1 atom stereocenters. The Morgan fingerprint density at radius 3 is 2.42 bits per heavy atom. The number of phenols is 1. The van der Waals surface area contributed by atoms with E-state index in [4.69, 9.17) is 4.74 Å². The molecule has 1 aromatic carbocycles. The fourth-order valence-electron chi connectivity index (χ4n) is 4.06. The monoisotopic (exact) mass is 376 g/mol. The summed E-state index contributed by atoms with van der Waals surface area (Å²) < 4.78 is 5.39. The first-order valence-electron chi connectivity index (χ1n) is 8.61. The molecule has 0 unspecified atom stereocenters. The number of aromatic hydroxyl groups is 1. The minimum Gasteiger partial charge on any atom is -0.508 e. The van der Waals surface area contributed by atoms with Crippen LogP contribution in [0.5, 0.6) is 11.5 Å². The van der Waals surface area contributed by atoms with E-state index in [0.717, 1.165) is 37.5 Å². The molecule has 1 aliphatic heterocycles. The number of nitrogens with one attached hydrogen (secondary N) is 1. The maximum absolute atomic E-state index is 10.5. The minimum atomic E-state index is 0. The van der Waals surface area contributed by atoms with Crippen LogP contribution in [0.2, 0.25) is 0 Å². The lowest BCUT2D eigenvalue weighted by atomic mass is 9.80. The normalized spacial score (nSPS) is 20.5. The lowest BCUT2D eigenvalue weighted by molar-refractivity contribution is 0.101. The van der Waals surface area contributed by atoms with Crippen molar-refractivity contribution in [1.82, 2.24) is 10.2 Å². The van der Waals surface area contributed by atoms with E-state index in [0.29, 0.717) is 17.7 Å². The van der Waals surface area contributed by atoms with Crippen molar-refractivity contribution in [3.05, 3.63) is 23.8 Å². The molecule has 0 amide bonds. The molecule has 0 radical (unpaired) electrons. The van der Waals surface area contributed by atoms with Crippen molar-refractivity contribution in [3.63, 3.8) is 0 Å². The van der Waals surface area contributed by atoms with Crippen molar-refractivity contribution in [1.29, 1.82) is 0 Å². The van der Waals surface area contributed by atoms with E-state index < -0.39 is 0 Å². The molecule has 2 aliphatic rings. The fraction of sp³-hybridized carbons (Fsp3) is 0.667. The molecule has 1 saturated heterocycles. The van der Waals surface area contributed by atoms with E-state index in [9.17, 15) is 5.11 Å². The third kappa shape index (κ3) is 4.92. The zero-order valence-electron chi connectivity index (χ0n) is 14.4. The molecule has 2 fully saturated rings. The highest BCUT2D eigenvalue weighted by atomic mass is 35.5. The van der Waals surface area contributed by atoms with Gasteiger partial charge in [-0.25, -0.2) is 0 Å². The van der Waals surface area contributed by atoms with Crippen LogP contribution in [0.1, 0.15) is 43.7 Å². The van der Waals surface area contributed by atoms with Crippen LogP contribution in [-0.2, 0) is 0 Å². The molecule has 6 heteroatoms. The van der Waals surface area contributed by atoms with Crippen molar-refractivity contribution in [2.75, 3.05) is 33.3 Å². The Labute approximate surface area is 157 Å². The first-order valence-corrected chi connectivity index (χ1v) is 8.61. The Morgan fingerprint density at radius 2 is 1.79 bits per heavy atom. The molecule has 1 aromatic rings. The Balaban J connectivity index is 0.00000144. The third-order valence-electron chi connectivity index (χ3n) is 5.19. The summed E-state index contributed by atoms with van der Waals surface area (Å²) in [5, 5.41) is 13.9. The second kappa shape index (κ2) is 10.3. The van der Waals surface area contributed by atoms with Gasteiger partial charge in [0.2, 0.25) is 0 Å². The van der Waals surface area contributed by atoms with E-state index in [1.165, 1.54) is 32.1 Å².